The number of ether oxygens (including phenoxy) is 1. The number of nitrogens with one attached hydrogen (secondary N) is 2. The first-order valence-corrected chi connectivity index (χ1v) is 7.13. The molecule has 1 saturated heterocycles. The second-order valence-corrected chi connectivity index (χ2v) is 7.00. The molecule has 7 nitrogen and oxygen atoms in total. The molecular weight excluding hydrogens is 260 g/mol. The van der Waals surface area contributed by atoms with E-state index in [1.54, 1.807) is 20.8 Å². The lowest BCUT2D eigenvalue weighted by molar-refractivity contribution is -0.108. The summed E-state index contributed by atoms with van der Waals surface area (Å²) in [6, 6.07) is -0.761. The van der Waals surface area contributed by atoms with Gasteiger partial charge in [0.1, 0.15) is 11.9 Å². The van der Waals surface area contributed by atoms with E-state index < -0.39 is 33.0 Å². The molecule has 0 aliphatic carbocycles. The Hall–Kier alpha value is -1.15. The lowest BCUT2D eigenvalue weighted by Gasteiger charge is -2.29. The largest absolute Gasteiger partial charge is 0.444 e. The Morgan fingerprint density at radius 3 is 2.56 bits per heavy atom. The van der Waals surface area contributed by atoms with Gasteiger partial charge in [-0.25, -0.2) is 17.9 Å². The van der Waals surface area contributed by atoms with Crippen LogP contribution in [0, 0.1) is 0 Å². The maximum absolute atomic E-state index is 11.6. The highest BCUT2D eigenvalue weighted by atomic mass is 32.2. The standard InChI is InChI=1S/C10H18N2O5S/c1-10(2,3)17-9(14)12-7-4-5-11-18(15,16)8(7)6-13/h6-8,11H,4-5H2,1-3H3,(H,12,14)/t7-,8?/m1/s1. The minimum atomic E-state index is -3.70. The summed E-state index contributed by atoms with van der Waals surface area (Å²) in [5.74, 6) is 0. The first-order chi connectivity index (χ1) is 8.15. The fraction of sp³-hybridized carbons (Fsp3) is 0.800. The molecule has 1 rings (SSSR count). The van der Waals surface area contributed by atoms with Crippen LogP contribution < -0.4 is 10.0 Å². The van der Waals surface area contributed by atoms with Crippen LogP contribution in [-0.2, 0) is 19.6 Å². The summed E-state index contributed by atoms with van der Waals surface area (Å²) in [5.41, 5.74) is -0.674. The van der Waals surface area contributed by atoms with E-state index in [0.29, 0.717) is 12.7 Å². The van der Waals surface area contributed by atoms with Gasteiger partial charge in [0, 0.05) is 6.54 Å². The number of hydrogen-bond acceptors (Lipinski definition) is 5. The summed E-state index contributed by atoms with van der Waals surface area (Å²) in [7, 11) is -3.70. The summed E-state index contributed by atoms with van der Waals surface area (Å²) in [5, 5.41) is 1.14. The summed E-state index contributed by atoms with van der Waals surface area (Å²) in [6.07, 6.45) is -0.0535. The number of aldehydes is 1. The van der Waals surface area contributed by atoms with Crippen LogP contribution in [-0.4, -0.2) is 44.2 Å². The van der Waals surface area contributed by atoms with Crippen LogP contribution in [0.25, 0.3) is 0 Å². The van der Waals surface area contributed by atoms with Gasteiger partial charge in [-0.1, -0.05) is 0 Å². The van der Waals surface area contributed by atoms with Crippen molar-refractivity contribution in [1.82, 2.24) is 10.0 Å². The molecule has 1 aliphatic rings. The van der Waals surface area contributed by atoms with Crippen LogP contribution in [0.15, 0.2) is 0 Å². The molecule has 0 spiro atoms. The Bertz CT molecular complexity index is 426. The molecule has 0 radical (unpaired) electrons. The third-order valence-electron chi connectivity index (χ3n) is 2.35. The lowest BCUT2D eigenvalue weighted by Crippen LogP contribution is -2.56. The van der Waals surface area contributed by atoms with Gasteiger partial charge in [-0.15, -0.1) is 0 Å². The van der Waals surface area contributed by atoms with Crippen LogP contribution in [0.4, 0.5) is 4.79 Å². The number of hydrogen-bond donors (Lipinski definition) is 2. The minimum Gasteiger partial charge on any atom is -0.444 e. The van der Waals surface area contributed by atoms with Crippen molar-refractivity contribution >= 4 is 22.4 Å². The van der Waals surface area contributed by atoms with Crippen LogP contribution in [0.2, 0.25) is 0 Å². The van der Waals surface area contributed by atoms with Crippen molar-refractivity contribution in [2.75, 3.05) is 6.54 Å². The Morgan fingerprint density at radius 2 is 2.06 bits per heavy atom. The smallest absolute Gasteiger partial charge is 0.407 e. The fourth-order valence-corrected chi connectivity index (χ4v) is 2.99. The van der Waals surface area contributed by atoms with Crippen molar-refractivity contribution in [3.63, 3.8) is 0 Å². The molecule has 0 aromatic carbocycles. The molecule has 0 aromatic rings. The van der Waals surface area contributed by atoms with Crippen molar-refractivity contribution in [2.45, 2.75) is 44.1 Å². The van der Waals surface area contributed by atoms with Crippen molar-refractivity contribution in [3.8, 4) is 0 Å². The molecule has 1 fully saturated rings. The van der Waals surface area contributed by atoms with E-state index in [1.807, 2.05) is 0 Å². The van der Waals surface area contributed by atoms with E-state index >= 15 is 0 Å². The van der Waals surface area contributed by atoms with Crippen molar-refractivity contribution in [2.24, 2.45) is 0 Å². The molecule has 1 aliphatic heterocycles. The molecule has 1 heterocycles. The third kappa shape index (κ3) is 3.95. The third-order valence-corrected chi connectivity index (χ3v) is 4.11. The van der Waals surface area contributed by atoms with E-state index in [2.05, 4.69) is 10.0 Å². The zero-order valence-electron chi connectivity index (χ0n) is 10.6. The fourth-order valence-electron chi connectivity index (χ4n) is 1.61. The molecule has 0 bridgehead atoms. The molecule has 18 heavy (non-hydrogen) atoms. The zero-order chi connectivity index (χ0) is 14.0. The Morgan fingerprint density at radius 1 is 1.44 bits per heavy atom. The summed E-state index contributed by atoms with van der Waals surface area (Å²) in [4.78, 5) is 22.4. The van der Waals surface area contributed by atoms with Crippen LogP contribution >= 0.6 is 0 Å². The average Bonchev–Trinajstić information content (AvgIpc) is 2.13. The molecule has 2 N–H and O–H groups in total. The predicted molar refractivity (Wildman–Crippen MR) is 64.5 cm³/mol. The first-order valence-electron chi connectivity index (χ1n) is 5.59. The molecule has 0 aromatic heterocycles. The topological polar surface area (TPSA) is 102 Å². The van der Waals surface area contributed by atoms with Gasteiger partial charge in [0.2, 0.25) is 10.0 Å². The van der Waals surface area contributed by atoms with Crippen molar-refractivity contribution in [3.05, 3.63) is 0 Å². The number of sulfonamides is 1. The normalized spacial score (nSPS) is 27.3. The number of alkyl carbamates (subject to hydrolysis) is 1. The molecule has 104 valence electrons. The summed E-state index contributed by atoms with van der Waals surface area (Å²) < 4.78 is 30.4. The van der Waals surface area contributed by atoms with E-state index in [9.17, 15) is 18.0 Å². The average molecular weight is 278 g/mol. The van der Waals surface area contributed by atoms with Gasteiger partial charge in [-0.05, 0) is 27.2 Å². The number of rotatable bonds is 2. The van der Waals surface area contributed by atoms with Gasteiger partial charge in [-0.2, -0.15) is 0 Å². The van der Waals surface area contributed by atoms with E-state index in [4.69, 9.17) is 4.74 Å². The highest BCUT2D eigenvalue weighted by molar-refractivity contribution is 7.90. The van der Waals surface area contributed by atoms with Gasteiger partial charge < -0.3 is 14.8 Å². The van der Waals surface area contributed by atoms with Gasteiger partial charge in [0.25, 0.3) is 0 Å². The van der Waals surface area contributed by atoms with Crippen molar-refractivity contribution in [1.29, 1.82) is 0 Å². The number of amides is 1. The molecule has 1 amide bonds. The van der Waals surface area contributed by atoms with Gasteiger partial charge in [0.15, 0.2) is 5.25 Å². The van der Waals surface area contributed by atoms with Gasteiger partial charge >= 0.3 is 6.09 Å². The molecular formula is C10H18N2O5S. The second kappa shape index (κ2) is 5.23. The minimum absolute atomic E-state index is 0.188. The highest BCUT2D eigenvalue weighted by Gasteiger charge is 2.38. The molecule has 0 saturated carbocycles. The Labute approximate surface area is 106 Å². The number of carbonyl (C=O) groups excluding carboxylic acids is 2. The van der Waals surface area contributed by atoms with Crippen molar-refractivity contribution < 1.29 is 22.7 Å². The quantitative estimate of drug-likeness (QED) is 0.679. The van der Waals surface area contributed by atoms with E-state index in [1.165, 1.54) is 0 Å². The predicted octanol–water partition coefficient (Wildman–Crippen LogP) is -0.230. The Balaban J connectivity index is 2.71. The maximum atomic E-state index is 11.6. The Kier molecular flexibility index (Phi) is 4.33. The SMILES string of the molecule is CC(C)(C)OC(=O)N[C@@H]1CCNS(=O)(=O)C1C=O. The number of carbonyl (C=O) groups is 2. The molecule has 1 unspecified atom stereocenters. The zero-order valence-corrected chi connectivity index (χ0v) is 11.4. The summed E-state index contributed by atoms with van der Waals surface area (Å²) in [6.45, 7) is 5.28. The monoisotopic (exact) mass is 278 g/mol. The highest BCUT2D eigenvalue weighted by Crippen LogP contribution is 2.13. The summed E-state index contributed by atoms with van der Waals surface area (Å²) >= 11 is 0. The van der Waals surface area contributed by atoms with E-state index in [-0.39, 0.29) is 6.54 Å². The second-order valence-electron chi connectivity index (χ2n) is 5.08. The molecule has 2 atom stereocenters. The lowest BCUT2D eigenvalue weighted by atomic mass is 10.1. The maximum Gasteiger partial charge on any atom is 0.407 e. The first kappa shape index (κ1) is 14.9. The van der Waals surface area contributed by atoms with Crippen LogP contribution in [0.3, 0.4) is 0 Å². The van der Waals surface area contributed by atoms with E-state index in [0.717, 1.165) is 0 Å². The van der Waals surface area contributed by atoms with Gasteiger partial charge in [-0.3, -0.25) is 0 Å². The molecule has 8 heteroatoms. The van der Waals surface area contributed by atoms with Crippen LogP contribution in [0.1, 0.15) is 27.2 Å². The van der Waals surface area contributed by atoms with Gasteiger partial charge in [0.05, 0.1) is 6.04 Å². The van der Waals surface area contributed by atoms with Crippen LogP contribution in [0.5, 0.6) is 0 Å².